The average molecular weight is 347 g/mol. The lowest BCUT2D eigenvalue weighted by molar-refractivity contribution is 0.153. The molecule has 1 heterocycles. The maximum Gasteiger partial charge on any atom is 0.123 e. The van der Waals surface area contributed by atoms with Gasteiger partial charge < -0.3 is 14.9 Å². The maximum atomic E-state index is 10.8. The first kappa shape index (κ1) is 20.3. The van der Waals surface area contributed by atoms with Crippen molar-refractivity contribution < 1.29 is 5.11 Å². The molecule has 0 atom stereocenters. The second kappa shape index (κ2) is 7.67. The van der Waals surface area contributed by atoms with Crippen LogP contribution in [0.5, 0.6) is 5.75 Å². The zero-order valence-corrected chi connectivity index (χ0v) is 17.4. The molecule has 1 aliphatic rings. The lowest BCUT2D eigenvalue weighted by atomic mass is 9.78. The van der Waals surface area contributed by atoms with Crippen molar-refractivity contribution in [3.05, 3.63) is 28.8 Å². The number of hydrogen-bond donors (Lipinski definition) is 1. The van der Waals surface area contributed by atoms with E-state index in [-0.39, 0.29) is 10.8 Å². The SMILES string of the molecule is CN1CCN(CCCc2cc(C(C)(C)C)c(O)c(C(C)(C)C)c2)CC1. The van der Waals surface area contributed by atoms with Crippen LogP contribution >= 0.6 is 0 Å². The van der Waals surface area contributed by atoms with Gasteiger partial charge in [-0.2, -0.15) is 0 Å². The molecule has 3 heteroatoms. The van der Waals surface area contributed by atoms with Crippen molar-refractivity contribution in [1.29, 1.82) is 0 Å². The summed E-state index contributed by atoms with van der Waals surface area (Å²) in [4.78, 5) is 4.98. The number of likely N-dealkylation sites (N-methyl/N-ethyl adjacent to an activating group) is 1. The third-order valence-corrected chi connectivity index (χ3v) is 5.32. The number of aromatic hydroxyl groups is 1. The Morgan fingerprint density at radius 3 is 1.80 bits per heavy atom. The van der Waals surface area contributed by atoms with E-state index in [1.54, 1.807) is 0 Å². The van der Waals surface area contributed by atoms with Crippen LogP contribution in [0.25, 0.3) is 0 Å². The van der Waals surface area contributed by atoms with E-state index in [0.717, 1.165) is 17.5 Å². The predicted molar refractivity (Wildman–Crippen MR) is 108 cm³/mol. The molecular formula is C22H38N2O. The van der Waals surface area contributed by atoms with Gasteiger partial charge in [-0.1, -0.05) is 53.7 Å². The van der Waals surface area contributed by atoms with Gasteiger partial charge in [-0.3, -0.25) is 0 Å². The third kappa shape index (κ3) is 5.46. The van der Waals surface area contributed by atoms with Gasteiger partial charge in [0.2, 0.25) is 0 Å². The van der Waals surface area contributed by atoms with Crippen molar-refractivity contribution in [2.24, 2.45) is 0 Å². The van der Waals surface area contributed by atoms with Gasteiger partial charge in [0.05, 0.1) is 0 Å². The zero-order chi connectivity index (χ0) is 18.8. The Balaban J connectivity index is 2.12. The molecule has 25 heavy (non-hydrogen) atoms. The number of hydrogen-bond acceptors (Lipinski definition) is 3. The van der Waals surface area contributed by atoms with Gasteiger partial charge in [-0.05, 0) is 54.0 Å². The second-order valence-corrected chi connectivity index (χ2v) is 9.79. The number of rotatable bonds is 4. The molecule has 0 bridgehead atoms. The van der Waals surface area contributed by atoms with E-state index in [9.17, 15) is 5.11 Å². The zero-order valence-electron chi connectivity index (χ0n) is 17.4. The molecule has 1 aromatic carbocycles. The van der Waals surface area contributed by atoms with E-state index < -0.39 is 0 Å². The van der Waals surface area contributed by atoms with Gasteiger partial charge in [0, 0.05) is 26.2 Å². The predicted octanol–water partition coefficient (Wildman–Crippen LogP) is 4.17. The molecule has 142 valence electrons. The van der Waals surface area contributed by atoms with Crippen LogP contribution in [0.2, 0.25) is 0 Å². The highest BCUT2D eigenvalue weighted by molar-refractivity contribution is 5.49. The molecule has 2 rings (SSSR count). The van der Waals surface area contributed by atoms with Crippen LogP contribution in [-0.4, -0.2) is 54.7 Å². The Labute approximate surface area is 155 Å². The quantitative estimate of drug-likeness (QED) is 0.886. The minimum Gasteiger partial charge on any atom is -0.507 e. The molecule has 0 aromatic heterocycles. The van der Waals surface area contributed by atoms with Crippen LogP contribution in [0.4, 0.5) is 0 Å². The maximum absolute atomic E-state index is 10.8. The van der Waals surface area contributed by atoms with Crippen molar-refractivity contribution in [1.82, 2.24) is 9.80 Å². The molecule has 1 saturated heterocycles. The molecule has 1 fully saturated rings. The molecular weight excluding hydrogens is 308 g/mol. The lowest BCUT2D eigenvalue weighted by Crippen LogP contribution is -2.44. The first-order valence-corrected chi connectivity index (χ1v) is 9.76. The van der Waals surface area contributed by atoms with Crippen LogP contribution in [0.1, 0.15) is 64.7 Å². The number of nitrogens with zero attached hydrogens (tertiary/aromatic N) is 2. The Kier molecular flexibility index (Phi) is 6.22. The number of piperazine rings is 1. The van der Waals surface area contributed by atoms with Crippen molar-refractivity contribution in [2.45, 2.75) is 65.2 Å². The highest BCUT2D eigenvalue weighted by Crippen LogP contribution is 2.39. The van der Waals surface area contributed by atoms with Gasteiger partial charge in [-0.15, -0.1) is 0 Å². The molecule has 1 aliphatic heterocycles. The van der Waals surface area contributed by atoms with Crippen LogP contribution in [-0.2, 0) is 17.3 Å². The standard InChI is InChI=1S/C22H38N2O/c1-21(2,3)18-15-17(16-19(20(18)25)22(4,5)6)9-8-10-24-13-11-23(7)12-14-24/h15-16,25H,8-14H2,1-7H3. The normalized spacial score (nSPS) is 17.9. The van der Waals surface area contributed by atoms with Crippen LogP contribution < -0.4 is 0 Å². The summed E-state index contributed by atoms with van der Waals surface area (Å²) in [7, 11) is 2.20. The largest absolute Gasteiger partial charge is 0.507 e. The molecule has 0 spiro atoms. The summed E-state index contributed by atoms with van der Waals surface area (Å²) in [6, 6.07) is 4.46. The summed E-state index contributed by atoms with van der Waals surface area (Å²) in [5.41, 5.74) is 3.43. The van der Waals surface area contributed by atoms with Crippen molar-refractivity contribution in [3.8, 4) is 5.75 Å². The first-order chi connectivity index (χ1) is 11.5. The number of phenolic OH excluding ortho intramolecular Hbond substituents is 1. The van der Waals surface area contributed by atoms with E-state index >= 15 is 0 Å². The molecule has 1 aromatic rings. The van der Waals surface area contributed by atoms with Crippen molar-refractivity contribution in [2.75, 3.05) is 39.8 Å². The Morgan fingerprint density at radius 2 is 1.36 bits per heavy atom. The topological polar surface area (TPSA) is 26.7 Å². The summed E-state index contributed by atoms with van der Waals surface area (Å²) >= 11 is 0. The Hall–Kier alpha value is -1.06. The molecule has 0 amide bonds. The highest BCUT2D eigenvalue weighted by atomic mass is 16.3. The number of aryl methyl sites for hydroxylation is 1. The minimum atomic E-state index is -0.0441. The van der Waals surface area contributed by atoms with Crippen LogP contribution in [0.3, 0.4) is 0 Å². The summed E-state index contributed by atoms with van der Waals surface area (Å²) in [5.74, 6) is 0.489. The minimum absolute atomic E-state index is 0.0441. The van der Waals surface area contributed by atoms with Gasteiger partial charge in [0.25, 0.3) is 0 Å². The fourth-order valence-electron chi connectivity index (χ4n) is 3.56. The summed E-state index contributed by atoms with van der Waals surface area (Å²) in [6.07, 6.45) is 2.26. The highest BCUT2D eigenvalue weighted by Gasteiger charge is 2.26. The number of benzene rings is 1. The lowest BCUT2D eigenvalue weighted by Gasteiger charge is -2.32. The third-order valence-electron chi connectivity index (χ3n) is 5.32. The van der Waals surface area contributed by atoms with E-state index in [1.807, 2.05) is 0 Å². The fourth-order valence-corrected chi connectivity index (χ4v) is 3.56. The molecule has 0 radical (unpaired) electrons. The van der Waals surface area contributed by atoms with E-state index in [2.05, 4.69) is 70.5 Å². The smallest absolute Gasteiger partial charge is 0.123 e. The molecule has 1 N–H and O–H groups in total. The Morgan fingerprint density at radius 1 is 0.880 bits per heavy atom. The van der Waals surface area contributed by atoms with E-state index in [4.69, 9.17) is 0 Å². The average Bonchev–Trinajstić information content (AvgIpc) is 2.48. The van der Waals surface area contributed by atoms with Crippen LogP contribution in [0, 0.1) is 0 Å². The summed E-state index contributed by atoms with van der Waals surface area (Å²) in [6.45, 7) is 19.0. The molecule has 0 saturated carbocycles. The molecule has 3 nitrogen and oxygen atoms in total. The first-order valence-electron chi connectivity index (χ1n) is 9.76. The van der Waals surface area contributed by atoms with E-state index in [1.165, 1.54) is 44.7 Å². The van der Waals surface area contributed by atoms with Crippen molar-refractivity contribution >= 4 is 0 Å². The summed E-state index contributed by atoms with van der Waals surface area (Å²) < 4.78 is 0. The van der Waals surface area contributed by atoms with Gasteiger partial charge in [0.15, 0.2) is 0 Å². The summed E-state index contributed by atoms with van der Waals surface area (Å²) in [5, 5.41) is 10.8. The number of phenols is 1. The van der Waals surface area contributed by atoms with Crippen LogP contribution in [0.15, 0.2) is 12.1 Å². The second-order valence-electron chi connectivity index (χ2n) is 9.79. The monoisotopic (exact) mass is 346 g/mol. The van der Waals surface area contributed by atoms with E-state index in [0.29, 0.717) is 5.75 Å². The molecule has 0 unspecified atom stereocenters. The van der Waals surface area contributed by atoms with Gasteiger partial charge in [-0.25, -0.2) is 0 Å². The van der Waals surface area contributed by atoms with Gasteiger partial charge in [0.1, 0.15) is 5.75 Å². The Bertz CT molecular complexity index is 538. The van der Waals surface area contributed by atoms with Crippen molar-refractivity contribution in [3.63, 3.8) is 0 Å². The molecule has 0 aliphatic carbocycles. The van der Waals surface area contributed by atoms with Gasteiger partial charge >= 0.3 is 0 Å². The fraction of sp³-hybridized carbons (Fsp3) is 0.727.